The third-order valence-electron chi connectivity index (χ3n) is 3.78. The molecule has 0 bridgehead atoms. The zero-order chi connectivity index (χ0) is 19.8. The van der Waals surface area contributed by atoms with Gasteiger partial charge in [-0.1, -0.05) is 30.7 Å². The molecule has 0 aliphatic rings. The summed E-state index contributed by atoms with van der Waals surface area (Å²) in [5.74, 6) is -0.370. The van der Waals surface area contributed by atoms with Crippen LogP contribution in [0.1, 0.15) is 35.7 Å². The number of hydrogen-bond donors (Lipinski definition) is 2. The van der Waals surface area contributed by atoms with Crippen molar-refractivity contribution in [2.45, 2.75) is 26.2 Å². The SMILES string of the molecule is CCCOc1c(Cl)cc(C(=O)Nc2ccc(CCC(=O)O)cc2)cc1OC. The van der Waals surface area contributed by atoms with Crippen LogP contribution in [0.15, 0.2) is 36.4 Å². The average Bonchev–Trinajstić information content (AvgIpc) is 2.65. The number of rotatable bonds is 9. The van der Waals surface area contributed by atoms with Gasteiger partial charge in [-0.2, -0.15) is 0 Å². The molecule has 0 aliphatic heterocycles. The highest BCUT2D eigenvalue weighted by molar-refractivity contribution is 6.32. The molecule has 0 unspecified atom stereocenters. The summed E-state index contributed by atoms with van der Waals surface area (Å²) in [6.45, 7) is 2.48. The van der Waals surface area contributed by atoms with E-state index in [0.717, 1.165) is 12.0 Å². The summed E-state index contributed by atoms with van der Waals surface area (Å²) < 4.78 is 10.9. The first kappa shape index (κ1) is 20.6. The van der Waals surface area contributed by atoms with Crippen LogP contribution >= 0.6 is 11.6 Å². The van der Waals surface area contributed by atoms with Crippen molar-refractivity contribution >= 4 is 29.2 Å². The number of amides is 1. The fourth-order valence-corrected chi connectivity index (χ4v) is 2.67. The lowest BCUT2D eigenvalue weighted by Gasteiger charge is -2.14. The molecule has 6 nitrogen and oxygen atoms in total. The number of aryl methyl sites for hydroxylation is 1. The normalized spacial score (nSPS) is 10.3. The number of hydrogen-bond acceptors (Lipinski definition) is 4. The number of halogens is 1. The van der Waals surface area contributed by atoms with Gasteiger partial charge < -0.3 is 19.9 Å². The monoisotopic (exact) mass is 391 g/mol. The Hall–Kier alpha value is -2.73. The molecule has 2 aromatic rings. The van der Waals surface area contributed by atoms with Gasteiger partial charge in [0.2, 0.25) is 0 Å². The van der Waals surface area contributed by atoms with E-state index in [-0.39, 0.29) is 12.3 Å². The van der Waals surface area contributed by atoms with E-state index >= 15 is 0 Å². The largest absolute Gasteiger partial charge is 0.493 e. The van der Waals surface area contributed by atoms with E-state index < -0.39 is 5.97 Å². The molecule has 0 atom stereocenters. The summed E-state index contributed by atoms with van der Waals surface area (Å²) in [6, 6.07) is 10.1. The van der Waals surface area contributed by atoms with Crippen molar-refractivity contribution in [1.82, 2.24) is 0 Å². The topological polar surface area (TPSA) is 84.9 Å². The van der Waals surface area contributed by atoms with Crippen molar-refractivity contribution in [3.8, 4) is 11.5 Å². The van der Waals surface area contributed by atoms with E-state index in [4.69, 9.17) is 26.2 Å². The Kier molecular flexibility index (Phi) is 7.49. The van der Waals surface area contributed by atoms with Crippen molar-refractivity contribution in [3.05, 3.63) is 52.5 Å². The van der Waals surface area contributed by atoms with Gasteiger partial charge in [-0.25, -0.2) is 0 Å². The van der Waals surface area contributed by atoms with Gasteiger partial charge in [0.1, 0.15) is 0 Å². The van der Waals surface area contributed by atoms with Crippen LogP contribution in [0.5, 0.6) is 11.5 Å². The van der Waals surface area contributed by atoms with Crippen LogP contribution in [-0.2, 0) is 11.2 Å². The van der Waals surface area contributed by atoms with Crippen molar-refractivity contribution in [2.75, 3.05) is 19.0 Å². The Labute approximate surface area is 163 Å². The summed E-state index contributed by atoms with van der Waals surface area (Å²) in [4.78, 5) is 23.1. The van der Waals surface area contributed by atoms with Gasteiger partial charge in [-0.15, -0.1) is 0 Å². The van der Waals surface area contributed by atoms with Crippen LogP contribution in [0.4, 0.5) is 5.69 Å². The second kappa shape index (κ2) is 9.83. The number of benzene rings is 2. The van der Waals surface area contributed by atoms with Crippen molar-refractivity contribution in [1.29, 1.82) is 0 Å². The van der Waals surface area contributed by atoms with Crippen LogP contribution in [0.25, 0.3) is 0 Å². The Bertz CT molecular complexity index is 805. The van der Waals surface area contributed by atoms with Crippen molar-refractivity contribution in [3.63, 3.8) is 0 Å². The summed E-state index contributed by atoms with van der Waals surface area (Å²) >= 11 is 6.24. The summed E-state index contributed by atoms with van der Waals surface area (Å²) in [6.07, 6.45) is 1.33. The minimum absolute atomic E-state index is 0.0659. The smallest absolute Gasteiger partial charge is 0.303 e. The maximum absolute atomic E-state index is 12.5. The minimum Gasteiger partial charge on any atom is -0.493 e. The fourth-order valence-electron chi connectivity index (χ4n) is 2.40. The van der Waals surface area contributed by atoms with Gasteiger partial charge in [0.25, 0.3) is 5.91 Å². The zero-order valence-corrected chi connectivity index (χ0v) is 16.0. The molecule has 2 aromatic carbocycles. The molecule has 1 amide bonds. The number of carboxylic acids is 1. The van der Waals surface area contributed by atoms with E-state index in [1.807, 2.05) is 6.92 Å². The summed E-state index contributed by atoms with van der Waals surface area (Å²) in [5.41, 5.74) is 1.83. The van der Waals surface area contributed by atoms with Crippen LogP contribution in [-0.4, -0.2) is 30.7 Å². The molecule has 0 aromatic heterocycles. The Balaban J connectivity index is 2.11. The highest BCUT2D eigenvalue weighted by atomic mass is 35.5. The van der Waals surface area contributed by atoms with Crippen LogP contribution in [0, 0.1) is 0 Å². The molecule has 0 aliphatic carbocycles. The van der Waals surface area contributed by atoms with E-state index in [1.54, 1.807) is 30.3 Å². The number of carbonyl (C=O) groups is 2. The number of methoxy groups -OCH3 is 1. The van der Waals surface area contributed by atoms with E-state index in [1.165, 1.54) is 13.2 Å². The maximum Gasteiger partial charge on any atom is 0.303 e. The number of carbonyl (C=O) groups excluding carboxylic acids is 1. The number of carboxylic acid groups (broad SMARTS) is 1. The van der Waals surface area contributed by atoms with Crippen LogP contribution in [0.3, 0.4) is 0 Å². The Morgan fingerprint density at radius 2 is 1.89 bits per heavy atom. The quantitative estimate of drug-likeness (QED) is 0.661. The molecule has 0 fully saturated rings. The molecule has 0 saturated carbocycles. The standard InChI is InChI=1S/C20H22ClNO5/c1-3-10-27-19-16(21)11-14(12-17(19)26-2)20(25)22-15-7-4-13(5-8-15)6-9-18(23)24/h4-5,7-8,11-12H,3,6,9-10H2,1-2H3,(H,22,25)(H,23,24). The third-order valence-corrected chi connectivity index (χ3v) is 4.06. The predicted molar refractivity (Wildman–Crippen MR) is 104 cm³/mol. The number of aliphatic carboxylic acids is 1. The van der Waals surface area contributed by atoms with Gasteiger partial charge in [0.05, 0.1) is 18.7 Å². The highest BCUT2D eigenvalue weighted by Crippen LogP contribution is 2.36. The predicted octanol–water partition coefficient (Wildman–Crippen LogP) is 4.41. The molecule has 2 N–H and O–H groups in total. The van der Waals surface area contributed by atoms with Gasteiger partial charge >= 0.3 is 5.97 Å². The van der Waals surface area contributed by atoms with E-state index in [0.29, 0.717) is 40.8 Å². The molecule has 0 saturated heterocycles. The average molecular weight is 392 g/mol. The summed E-state index contributed by atoms with van der Waals surface area (Å²) in [7, 11) is 1.49. The first-order valence-electron chi connectivity index (χ1n) is 8.57. The van der Waals surface area contributed by atoms with E-state index in [2.05, 4.69) is 5.32 Å². The molecule has 0 radical (unpaired) electrons. The van der Waals surface area contributed by atoms with Crippen LogP contribution < -0.4 is 14.8 Å². The molecule has 0 heterocycles. The molecule has 0 spiro atoms. The minimum atomic E-state index is -0.843. The van der Waals surface area contributed by atoms with Gasteiger partial charge in [-0.3, -0.25) is 9.59 Å². The lowest BCUT2D eigenvalue weighted by atomic mass is 10.1. The van der Waals surface area contributed by atoms with Gasteiger partial charge in [0, 0.05) is 17.7 Å². The zero-order valence-electron chi connectivity index (χ0n) is 15.3. The van der Waals surface area contributed by atoms with Crippen LogP contribution in [0.2, 0.25) is 5.02 Å². The molecule has 27 heavy (non-hydrogen) atoms. The van der Waals surface area contributed by atoms with Gasteiger partial charge in [-0.05, 0) is 42.7 Å². The van der Waals surface area contributed by atoms with Crippen molar-refractivity contribution in [2.24, 2.45) is 0 Å². The highest BCUT2D eigenvalue weighted by Gasteiger charge is 2.16. The second-order valence-corrected chi connectivity index (χ2v) is 6.29. The molecule has 2 rings (SSSR count). The lowest BCUT2D eigenvalue weighted by Crippen LogP contribution is -2.12. The summed E-state index contributed by atoms with van der Waals surface area (Å²) in [5, 5.41) is 11.8. The Morgan fingerprint density at radius 1 is 1.19 bits per heavy atom. The fraction of sp³-hybridized carbons (Fsp3) is 0.300. The maximum atomic E-state index is 12.5. The number of ether oxygens (including phenoxy) is 2. The number of anilines is 1. The van der Waals surface area contributed by atoms with Crippen molar-refractivity contribution < 1.29 is 24.2 Å². The third kappa shape index (κ3) is 5.89. The van der Waals surface area contributed by atoms with E-state index in [9.17, 15) is 9.59 Å². The Morgan fingerprint density at radius 3 is 2.48 bits per heavy atom. The molecular formula is C20H22ClNO5. The second-order valence-electron chi connectivity index (χ2n) is 5.88. The molecular weight excluding hydrogens is 370 g/mol. The molecule has 7 heteroatoms. The number of nitrogens with one attached hydrogen (secondary N) is 1. The lowest BCUT2D eigenvalue weighted by molar-refractivity contribution is -0.136. The van der Waals surface area contributed by atoms with Gasteiger partial charge in [0.15, 0.2) is 11.5 Å². The first-order valence-corrected chi connectivity index (χ1v) is 8.94. The first-order chi connectivity index (χ1) is 12.9. The molecule has 144 valence electrons.